The standard InChI is InChI=1S/C21H20N4O4S/c1-12-5-4-6-16-23-15(9-17(26)25(12)16)10-29-18(27)7-8-24-11-22-20-19(21(24)28)13(2)14(3)30-20/h4-6,9,11H,7-8,10H2,1-3H3. The summed E-state index contributed by atoms with van der Waals surface area (Å²) in [6, 6.07) is 6.72. The van der Waals surface area contributed by atoms with E-state index in [1.54, 1.807) is 6.07 Å². The summed E-state index contributed by atoms with van der Waals surface area (Å²) in [5, 5.41) is 0.601. The summed E-state index contributed by atoms with van der Waals surface area (Å²) < 4.78 is 8.17. The number of aryl methyl sites for hydroxylation is 4. The van der Waals surface area contributed by atoms with E-state index in [4.69, 9.17) is 4.74 Å². The van der Waals surface area contributed by atoms with Crippen LogP contribution in [0.15, 0.2) is 40.2 Å². The number of aromatic nitrogens is 4. The van der Waals surface area contributed by atoms with Crippen molar-refractivity contribution in [2.45, 2.75) is 40.3 Å². The number of ether oxygens (including phenoxy) is 1. The molecular weight excluding hydrogens is 404 g/mol. The molecular formula is C21H20N4O4S. The summed E-state index contributed by atoms with van der Waals surface area (Å²) in [6.07, 6.45) is 1.47. The minimum absolute atomic E-state index is 0.0148. The predicted octanol–water partition coefficient (Wildman–Crippen LogP) is 2.52. The summed E-state index contributed by atoms with van der Waals surface area (Å²) >= 11 is 1.48. The van der Waals surface area contributed by atoms with E-state index in [1.165, 1.54) is 32.7 Å². The lowest BCUT2D eigenvalue weighted by atomic mass is 10.2. The Kier molecular flexibility index (Phi) is 5.21. The molecule has 0 atom stereocenters. The van der Waals surface area contributed by atoms with Crippen LogP contribution in [0.3, 0.4) is 0 Å². The number of carbonyl (C=O) groups is 1. The normalized spacial score (nSPS) is 11.3. The monoisotopic (exact) mass is 424 g/mol. The molecule has 4 heterocycles. The van der Waals surface area contributed by atoms with E-state index in [0.717, 1.165) is 16.1 Å². The van der Waals surface area contributed by atoms with Crippen molar-refractivity contribution in [2.24, 2.45) is 0 Å². The van der Waals surface area contributed by atoms with Crippen LogP contribution in [0.1, 0.15) is 28.2 Å². The van der Waals surface area contributed by atoms with E-state index in [1.807, 2.05) is 32.9 Å². The molecule has 0 radical (unpaired) electrons. The van der Waals surface area contributed by atoms with Gasteiger partial charge in [0.2, 0.25) is 0 Å². The van der Waals surface area contributed by atoms with Crippen LogP contribution < -0.4 is 11.1 Å². The second-order valence-corrected chi connectivity index (χ2v) is 8.27. The van der Waals surface area contributed by atoms with Crippen LogP contribution in [0.2, 0.25) is 0 Å². The molecule has 30 heavy (non-hydrogen) atoms. The molecule has 4 aromatic rings. The van der Waals surface area contributed by atoms with Crippen LogP contribution in [0, 0.1) is 20.8 Å². The number of hydrogen-bond acceptors (Lipinski definition) is 7. The first-order valence-corrected chi connectivity index (χ1v) is 10.3. The largest absolute Gasteiger partial charge is 0.459 e. The second-order valence-electron chi connectivity index (χ2n) is 7.06. The Labute approximate surface area is 175 Å². The van der Waals surface area contributed by atoms with Gasteiger partial charge in [0.25, 0.3) is 11.1 Å². The van der Waals surface area contributed by atoms with E-state index >= 15 is 0 Å². The van der Waals surface area contributed by atoms with Crippen molar-refractivity contribution >= 4 is 33.2 Å². The maximum absolute atomic E-state index is 12.7. The molecule has 0 amide bonds. The van der Waals surface area contributed by atoms with Crippen molar-refractivity contribution in [1.82, 2.24) is 18.9 Å². The molecule has 0 aliphatic carbocycles. The molecule has 0 aliphatic rings. The molecule has 0 unspecified atom stereocenters. The minimum Gasteiger partial charge on any atom is -0.459 e. The SMILES string of the molecule is Cc1sc2ncn(CCC(=O)OCc3cc(=O)n4c(C)cccc4n3)c(=O)c2c1C. The topological polar surface area (TPSA) is 95.6 Å². The maximum Gasteiger partial charge on any atom is 0.307 e. The fourth-order valence-corrected chi connectivity index (χ4v) is 4.29. The number of nitrogens with zero attached hydrogens (tertiary/aromatic N) is 4. The van der Waals surface area contributed by atoms with Gasteiger partial charge >= 0.3 is 5.97 Å². The van der Waals surface area contributed by atoms with Crippen molar-refractivity contribution in [3.8, 4) is 0 Å². The summed E-state index contributed by atoms with van der Waals surface area (Å²) in [7, 11) is 0. The van der Waals surface area contributed by atoms with Gasteiger partial charge in [-0.15, -0.1) is 11.3 Å². The summed E-state index contributed by atoms with van der Waals surface area (Å²) in [6.45, 7) is 5.74. The summed E-state index contributed by atoms with van der Waals surface area (Å²) in [5.41, 5.74) is 2.20. The number of fused-ring (bicyclic) bond motifs is 2. The molecule has 8 nitrogen and oxygen atoms in total. The third-order valence-electron chi connectivity index (χ3n) is 5.03. The Morgan fingerprint density at radius 3 is 2.80 bits per heavy atom. The van der Waals surface area contributed by atoms with Crippen LogP contribution in [-0.4, -0.2) is 24.9 Å². The highest BCUT2D eigenvalue weighted by molar-refractivity contribution is 7.18. The second kappa shape index (κ2) is 7.83. The average Bonchev–Trinajstić information content (AvgIpc) is 3.00. The van der Waals surface area contributed by atoms with Crippen molar-refractivity contribution < 1.29 is 9.53 Å². The molecule has 4 aromatic heterocycles. The van der Waals surface area contributed by atoms with Crippen molar-refractivity contribution in [1.29, 1.82) is 0 Å². The molecule has 0 saturated carbocycles. The van der Waals surface area contributed by atoms with Crippen molar-refractivity contribution in [2.75, 3.05) is 0 Å². The molecule has 0 N–H and O–H groups in total. The summed E-state index contributed by atoms with van der Waals surface area (Å²) in [4.78, 5) is 47.6. The Hall–Kier alpha value is -3.33. The Morgan fingerprint density at radius 1 is 1.20 bits per heavy atom. The smallest absolute Gasteiger partial charge is 0.307 e. The molecule has 4 rings (SSSR count). The molecule has 0 aromatic carbocycles. The zero-order valence-electron chi connectivity index (χ0n) is 16.8. The lowest BCUT2D eigenvalue weighted by Gasteiger charge is -2.08. The van der Waals surface area contributed by atoms with Gasteiger partial charge in [-0.1, -0.05) is 6.07 Å². The molecule has 0 aliphatic heterocycles. The van der Waals surface area contributed by atoms with Crippen molar-refractivity contribution in [3.05, 3.63) is 73.1 Å². The quantitative estimate of drug-likeness (QED) is 0.457. The Morgan fingerprint density at radius 2 is 2.00 bits per heavy atom. The Bertz CT molecular complexity index is 1400. The number of rotatable bonds is 5. The molecule has 0 spiro atoms. The van der Waals surface area contributed by atoms with E-state index in [0.29, 0.717) is 21.6 Å². The average molecular weight is 424 g/mol. The van der Waals surface area contributed by atoms with Gasteiger partial charge in [-0.25, -0.2) is 9.97 Å². The highest BCUT2D eigenvalue weighted by atomic mass is 32.1. The van der Waals surface area contributed by atoms with E-state index in [9.17, 15) is 14.4 Å². The zero-order chi connectivity index (χ0) is 21.4. The van der Waals surface area contributed by atoms with Gasteiger partial charge in [0.1, 0.15) is 17.1 Å². The number of thiophene rings is 1. The molecule has 0 saturated heterocycles. The van der Waals surface area contributed by atoms with Gasteiger partial charge in [-0.3, -0.25) is 23.4 Å². The van der Waals surface area contributed by atoms with Gasteiger partial charge in [-0.05, 0) is 38.5 Å². The van der Waals surface area contributed by atoms with Gasteiger partial charge < -0.3 is 4.74 Å². The van der Waals surface area contributed by atoms with E-state index < -0.39 is 5.97 Å². The van der Waals surface area contributed by atoms with Crippen LogP contribution >= 0.6 is 11.3 Å². The molecule has 154 valence electrons. The van der Waals surface area contributed by atoms with E-state index in [-0.39, 0.29) is 30.7 Å². The minimum atomic E-state index is -0.480. The first-order valence-electron chi connectivity index (χ1n) is 9.44. The number of carbonyl (C=O) groups excluding carboxylic acids is 1. The fourth-order valence-electron chi connectivity index (χ4n) is 3.31. The predicted molar refractivity (Wildman–Crippen MR) is 114 cm³/mol. The molecule has 0 fully saturated rings. The van der Waals surface area contributed by atoms with Gasteiger partial charge in [-0.2, -0.15) is 0 Å². The number of pyridine rings is 1. The fraction of sp³-hybridized carbons (Fsp3) is 0.286. The lowest BCUT2D eigenvalue weighted by Crippen LogP contribution is -2.22. The maximum atomic E-state index is 12.7. The highest BCUT2D eigenvalue weighted by Crippen LogP contribution is 2.25. The van der Waals surface area contributed by atoms with Crippen LogP contribution in [0.4, 0.5) is 0 Å². The van der Waals surface area contributed by atoms with Crippen LogP contribution in [0.25, 0.3) is 15.9 Å². The number of hydrogen-bond donors (Lipinski definition) is 0. The molecule has 9 heteroatoms. The third-order valence-corrected chi connectivity index (χ3v) is 6.14. The lowest BCUT2D eigenvalue weighted by molar-refractivity contribution is -0.145. The van der Waals surface area contributed by atoms with Gasteiger partial charge in [0.05, 0.1) is 23.8 Å². The zero-order valence-corrected chi connectivity index (χ0v) is 17.7. The summed E-state index contributed by atoms with van der Waals surface area (Å²) in [5.74, 6) is -0.480. The van der Waals surface area contributed by atoms with E-state index in [2.05, 4.69) is 9.97 Å². The van der Waals surface area contributed by atoms with Crippen LogP contribution in [-0.2, 0) is 22.7 Å². The van der Waals surface area contributed by atoms with Crippen LogP contribution in [0.5, 0.6) is 0 Å². The Balaban J connectivity index is 1.44. The highest BCUT2D eigenvalue weighted by Gasteiger charge is 2.13. The molecule has 0 bridgehead atoms. The first-order chi connectivity index (χ1) is 14.3. The number of esters is 1. The van der Waals surface area contributed by atoms with Gasteiger partial charge in [0.15, 0.2) is 0 Å². The van der Waals surface area contributed by atoms with Crippen molar-refractivity contribution in [3.63, 3.8) is 0 Å². The van der Waals surface area contributed by atoms with Gasteiger partial charge in [0, 0.05) is 23.2 Å². The third kappa shape index (κ3) is 3.63. The first kappa shape index (κ1) is 20.0.